The number of fused-ring (bicyclic) bond motifs is 29. The fraction of sp³-hybridized carbons (Fsp3) is 0.0154. The predicted molar refractivity (Wildman–Crippen MR) is 592 cm³/mol. The van der Waals surface area contributed by atoms with E-state index in [9.17, 15) is 0 Å². The van der Waals surface area contributed by atoms with Crippen molar-refractivity contribution in [3.63, 3.8) is 0 Å². The molecule has 0 bridgehead atoms. The molecule has 27 aromatic rings. The summed E-state index contributed by atoms with van der Waals surface area (Å²) in [5.74, 6) is 0. The molecule has 3 aliphatic heterocycles. The molecular weight excluding hydrogens is 1710 g/mol. The lowest BCUT2D eigenvalue weighted by Gasteiger charge is -2.42. The van der Waals surface area contributed by atoms with Crippen LogP contribution in [0.2, 0.25) is 0 Å². The second kappa shape index (κ2) is 31.8. The molecule has 3 aliphatic rings. The largest absolute Gasteiger partial charge is 0.456 e. The van der Waals surface area contributed by atoms with Crippen LogP contribution in [-0.2, 0) is 0 Å². The SMILES string of the molecule is Cc1cccc2c3c(ccc12)N(c1cccc2c1sc1ccccc12)c1c(ccc2c(C)cccc12)N3c1ccccc1.c1ccc(-n2c3ccccc3c3cc(N4c5ccc6ccccc6c5N(c5cccc6ccccc56)c5ccc6ccccc6c54)ccc32)cc1.c1ccc2c(N3c4ccc5ccccc5c4N(c4ccc5oc6ccccc6c5c4)c4ccc5ccccc5c43)cccc2c1. The van der Waals surface area contributed by atoms with Gasteiger partial charge in [-0.05, 0) is 202 Å². The van der Waals surface area contributed by atoms with Gasteiger partial charge < -0.3 is 38.4 Å². The normalized spacial score (nSPS) is 12.7. The highest BCUT2D eigenvalue weighted by molar-refractivity contribution is 7.26. The third-order valence-electron chi connectivity index (χ3n) is 29.0. The number of nitrogens with zero attached hydrogens (tertiary/aromatic N) is 7. The van der Waals surface area contributed by atoms with E-state index in [2.05, 4.69) is 515 Å². The lowest BCUT2D eigenvalue weighted by atomic mass is 9.94. The van der Waals surface area contributed by atoms with E-state index in [1.807, 2.05) is 23.5 Å². The molecule has 0 amide bonds. The first-order chi connectivity index (χ1) is 68.8. The van der Waals surface area contributed by atoms with Crippen LogP contribution in [0, 0.1) is 13.8 Å². The summed E-state index contributed by atoms with van der Waals surface area (Å²) in [7, 11) is 0. The van der Waals surface area contributed by atoms with E-state index in [-0.39, 0.29) is 0 Å². The van der Waals surface area contributed by atoms with Crippen LogP contribution < -0.4 is 29.4 Å². The summed E-state index contributed by atoms with van der Waals surface area (Å²) >= 11 is 1.89. The summed E-state index contributed by atoms with van der Waals surface area (Å²) in [6.07, 6.45) is 0. The zero-order valence-electron chi connectivity index (χ0n) is 76.1. The van der Waals surface area contributed by atoms with Gasteiger partial charge in [0.2, 0.25) is 0 Å². The van der Waals surface area contributed by atoms with Crippen LogP contribution in [0.1, 0.15) is 11.1 Å². The van der Waals surface area contributed by atoms with Crippen molar-refractivity contribution in [3.05, 3.63) is 490 Å². The quantitative estimate of drug-likeness (QED) is 0.157. The van der Waals surface area contributed by atoms with E-state index in [0.29, 0.717) is 0 Å². The minimum Gasteiger partial charge on any atom is -0.456 e. The van der Waals surface area contributed by atoms with Crippen LogP contribution in [-0.4, -0.2) is 4.57 Å². The molecule has 0 saturated heterocycles. The Bertz CT molecular complexity index is 9770. The summed E-state index contributed by atoms with van der Waals surface area (Å²) in [6, 6.07) is 175. The molecule has 0 fully saturated rings. The molecule has 3 aromatic heterocycles. The van der Waals surface area contributed by atoms with Crippen molar-refractivity contribution in [2.24, 2.45) is 0 Å². The highest BCUT2D eigenvalue weighted by Crippen LogP contribution is 2.65. The Morgan fingerprint density at radius 1 is 0.173 bits per heavy atom. The highest BCUT2D eigenvalue weighted by Gasteiger charge is 2.40. The summed E-state index contributed by atoms with van der Waals surface area (Å²) in [5, 5.41) is 27.0. The minimum atomic E-state index is 0.895. The van der Waals surface area contributed by atoms with Crippen LogP contribution in [0.4, 0.5) is 102 Å². The van der Waals surface area contributed by atoms with Gasteiger partial charge in [0.25, 0.3) is 0 Å². The molecule has 139 heavy (non-hydrogen) atoms. The van der Waals surface area contributed by atoms with Gasteiger partial charge >= 0.3 is 0 Å². The molecule has 30 rings (SSSR count). The Labute approximate surface area is 806 Å². The molecule has 0 aliphatic carbocycles. The third kappa shape index (κ3) is 12.4. The molecule has 652 valence electrons. The van der Waals surface area contributed by atoms with Gasteiger partial charge in [-0.15, -0.1) is 11.3 Å². The number of hydrogen-bond donors (Lipinski definition) is 0. The molecule has 0 radical (unpaired) electrons. The van der Waals surface area contributed by atoms with Crippen molar-refractivity contribution in [3.8, 4) is 5.69 Å². The molecule has 0 N–H and O–H groups in total. The Kier molecular flexibility index (Phi) is 18.2. The van der Waals surface area contributed by atoms with Gasteiger partial charge in [0.15, 0.2) is 0 Å². The maximum atomic E-state index is 6.25. The van der Waals surface area contributed by atoms with Crippen molar-refractivity contribution in [1.82, 2.24) is 4.57 Å². The van der Waals surface area contributed by atoms with Crippen LogP contribution in [0.15, 0.2) is 484 Å². The van der Waals surface area contributed by atoms with Gasteiger partial charge in [0, 0.05) is 103 Å². The van der Waals surface area contributed by atoms with Crippen LogP contribution >= 0.6 is 11.3 Å². The van der Waals surface area contributed by atoms with Crippen LogP contribution in [0.5, 0.6) is 0 Å². The topological polar surface area (TPSA) is 37.5 Å². The monoisotopic (exact) mass is 1790 g/mol. The van der Waals surface area contributed by atoms with Crippen molar-refractivity contribution in [1.29, 1.82) is 0 Å². The maximum Gasteiger partial charge on any atom is 0.135 e. The fourth-order valence-electron chi connectivity index (χ4n) is 22.8. The molecule has 0 atom stereocenters. The first-order valence-corrected chi connectivity index (χ1v) is 48.5. The number of thiophene rings is 1. The van der Waals surface area contributed by atoms with E-state index in [1.165, 1.54) is 190 Å². The molecule has 0 spiro atoms. The van der Waals surface area contributed by atoms with E-state index >= 15 is 0 Å². The summed E-state index contributed by atoms with van der Waals surface area (Å²) in [6.45, 7) is 4.43. The third-order valence-corrected chi connectivity index (χ3v) is 30.2. The second-order valence-electron chi connectivity index (χ2n) is 36.6. The van der Waals surface area contributed by atoms with E-state index in [4.69, 9.17) is 4.42 Å². The van der Waals surface area contributed by atoms with E-state index < -0.39 is 0 Å². The number of aromatic nitrogens is 1. The van der Waals surface area contributed by atoms with Crippen molar-refractivity contribution < 1.29 is 4.42 Å². The second-order valence-corrected chi connectivity index (χ2v) is 37.6. The molecular formula is C130H85N7OS. The first kappa shape index (κ1) is 79.5. The van der Waals surface area contributed by atoms with Crippen LogP contribution in [0.25, 0.3) is 156 Å². The number of anilines is 18. The van der Waals surface area contributed by atoms with Gasteiger partial charge in [-0.2, -0.15) is 0 Å². The molecule has 24 aromatic carbocycles. The highest BCUT2D eigenvalue weighted by atomic mass is 32.1. The van der Waals surface area contributed by atoms with E-state index in [0.717, 1.165) is 78.8 Å². The molecule has 0 unspecified atom stereocenters. The number of aryl methyl sites for hydroxylation is 2. The van der Waals surface area contributed by atoms with Gasteiger partial charge in [-0.1, -0.05) is 346 Å². The molecule has 0 saturated carbocycles. The molecule has 8 nitrogen and oxygen atoms in total. The zero-order valence-corrected chi connectivity index (χ0v) is 76.9. The number of furan rings is 1. The standard InChI is InChI=1S/C48H31N3.C42H26N2O.C40H28N2S/c1-2-17-35(18-3-1)49-43-23-11-10-22-40(43)41-31-36(27-30-44(41)49)50-45-28-25-34-15-6-9-21-39(34)48(45)51(42-24-12-16-32-13-4-7-19-37(32)42)46-29-26-33-14-5-8-20-38(33)47(46)50;1-4-14-31-27(10-1)13-9-18-36(31)44-38-24-21-28-11-2-5-15-32(28)41(38)43(37-23-20-29-12-3-6-16-33(29)42(37)44)30-22-25-40-35(26-30)34-17-7-8-19-39(34)45-40;1-25-11-8-16-31-28(25)22-24-35-38(31)41(27-13-4-3-5-14-27)34-23-21-29-26(2)12-9-17-32(29)39(34)42(35)36-19-10-18-33-30-15-6-7-20-37(30)43-40(33)36/h1-31H;1-26H;3-24H,1-2H3. The maximum absolute atomic E-state index is 6.25. The van der Waals surface area contributed by atoms with Crippen molar-refractivity contribution in [2.75, 3.05) is 29.4 Å². The first-order valence-electron chi connectivity index (χ1n) is 47.7. The van der Waals surface area contributed by atoms with E-state index in [1.54, 1.807) is 0 Å². The molecule has 6 heterocycles. The number of hydrogen-bond acceptors (Lipinski definition) is 8. The number of para-hydroxylation sites is 4. The summed E-state index contributed by atoms with van der Waals surface area (Å²) < 4.78 is 11.3. The Hall–Kier alpha value is -18.0. The number of benzene rings is 24. The fourth-order valence-corrected chi connectivity index (χ4v) is 24.0. The van der Waals surface area contributed by atoms with Crippen molar-refractivity contribution >= 4 is 264 Å². The van der Waals surface area contributed by atoms with Crippen LogP contribution in [0.3, 0.4) is 0 Å². The van der Waals surface area contributed by atoms with Gasteiger partial charge in [0.05, 0.1) is 101 Å². The smallest absolute Gasteiger partial charge is 0.135 e. The summed E-state index contributed by atoms with van der Waals surface area (Å²) in [4.78, 5) is 15.0. The van der Waals surface area contributed by atoms with Crippen molar-refractivity contribution in [2.45, 2.75) is 13.8 Å². The Morgan fingerprint density at radius 2 is 0.504 bits per heavy atom. The lowest BCUT2D eigenvalue weighted by molar-refractivity contribution is 0.669. The average Bonchev–Trinajstić information content (AvgIpc) is 1.47. The predicted octanol–water partition coefficient (Wildman–Crippen LogP) is 38.0. The Morgan fingerprint density at radius 3 is 1.04 bits per heavy atom. The Balaban J connectivity index is 0.000000103. The molecule has 9 heteroatoms. The van der Waals surface area contributed by atoms with Gasteiger partial charge in [-0.3, -0.25) is 0 Å². The average molecular weight is 1790 g/mol. The summed E-state index contributed by atoms with van der Waals surface area (Å²) in [5.41, 5.74) is 28.9. The zero-order chi connectivity index (χ0) is 91.6. The van der Waals surface area contributed by atoms with Gasteiger partial charge in [0.1, 0.15) is 11.2 Å². The minimum absolute atomic E-state index is 0.895. The van der Waals surface area contributed by atoms with Gasteiger partial charge in [-0.25, -0.2) is 0 Å². The number of rotatable bonds is 7. The lowest BCUT2D eigenvalue weighted by Crippen LogP contribution is -2.24.